The number of aryl methyl sites for hydroxylation is 1. The third-order valence-corrected chi connectivity index (χ3v) is 3.89. The van der Waals surface area contributed by atoms with Gasteiger partial charge in [-0.15, -0.1) is 0 Å². The fourth-order valence-corrected chi connectivity index (χ4v) is 2.66. The van der Waals surface area contributed by atoms with E-state index in [1.165, 1.54) is 19.1 Å². The number of carbonyl (C=O) groups is 3. The lowest BCUT2D eigenvalue weighted by Crippen LogP contribution is -2.42. The number of anilines is 3. The molecule has 6 nitrogen and oxygen atoms in total. The Morgan fingerprint density at radius 1 is 1.08 bits per heavy atom. The van der Waals surface area contributed by atoms with Crippen molar-refractivity contribution in [1.29, 1.82) is 0 Å². The minimum Gasteiger partial charge on any atom is -0.399 e. The first-order valence-corrected chi connectivity index (χ1v) is 7.86. The molecule has 7 heteroatoms. The summed E-state index contributed by atoms with van der Waals surface area (Å²) in [6.07, 6.45) is 0. The molecule has 0 aliphatic heterocycles. The number of nitrogens with two attached hydrogens (primary N) is 1. The summed E-state index contributed by atoms with van der Waals surface area (Å²) in [5.74, 6) is -2.45. The van der Waals surface area contributed by atoms with Crippen LogP contribution in [-0.4, -0.2) is 17.7 Å². The van der Waals surface area contributed by atoms with Crippen LogP contribution < -0.4 is 16.0 Å². The highest BCUT2D eigenvalue weighted by atomic mass is 79.9. The van der Waals surface area contributed by atoms with E-state index in [2.05, 4.69) is 21.2 Å². The van der Waals surface area contributed by atoms with E-state index in [1.807, 2.05) is 13.0 Å². The molecular weight excluding hydrogens is 374 g/mol. The highest BCUT2D eigenvalue weighted by molar-refractivity contribution is 9.10. The quantitative estimate of drug-likeness (QED) is 0.609. The molecule has 0 unspecified atom stereocenters. The summed E-state index contributed by atoms with van der Waals surface area (Å²) in [5.41, 5.74) is 7.81. The first-order valence-electron chi connectivity index (χ1n) is 7.07. The van der Waals surface area contributed by atoms with Crippen LogP contribution in [0.1, 0.15) is 12.5 Å². The topological polar surface area (TPSA) is 92.5 Å². The number of nitrogens with one attached hydrogen (secondary N) is 1. The molecule has 0 radical (unpaired) electrons. The van der Waals surface area contributed by atoms with E-state index in [9.17, 15) is 14.4 Å². The third kappa shape index (κ3) is 3.99. The predicted molar refractivity (Wildman–Crippen MR) is 96.5 cm³/mol. The number of nitrogens with zero attached hydrogens (tertiary/aromatic N) is 1. The second-order valence-electron chi connectivity index (χ2n) is 5.19. The number of carbonyl (C=O) groups excluding carboxylic acids is 3. The van der Waals surface area contributed by atoms with Crippen molar-refractivity contribution < 1.29 is 14.4 Å². The Morgan fingerprint density at radius 2 is 1.71 bits per heavy atom. The molecule has 0 atom stereocenters. The zero-order valence-corrected chi connectivity index (χ0v) is 14.8. The van der Waals surface area contributed by atoms with Crippen molar-refractivity contribution in [1.82, 2.24) is 0 Å². The Morgan fingerprint density at radius 3 is 2.25 bits per heavy atom. The van der Waals surface area contributed by atoms with Crippen LogP contribution in [0.25, 0.3) is 0 Å². The number of rotatable bonds is 2. The van der Waals surface area contributed by atoms with Gasteiger partial charge in [-0.1, -0.05) is 6.07 Å². The standard InChI is InChI=1S/C17H16BrN3O3/c1-10-3-8-15(14(18)9-10)20-16(23)17(24)21(11(2)22)13-6-4-12(19)5-7-13/h3-9H,19H2,1-2H3,(H,20,23). The maximum absolute atomic E-state index is 12.4. The molecule has 124 valence electrons. The largest absolute Gasteiger partial charge is 0.399 e. The molecule has 2 aromatic rings. The zero-order valence-electron chi connectivity index (χ0n) is 13.2. The van der Waals surface area contributed by atoms with Crippen LogP contribution in [0, 0.1) is 6.92 Å². The Labute approximate surface area is 147 Å². The van der Waals surface area contributed by atoms with Crippen LogP contribution in [0.4, 0.5) is 17.1 Å². The number of amides is 3. The summed E-state index contributed by atoms with van der Waals surface area (Å²) in [6.45, 7) is 3.11. The summed E-state index contributed by atoms with van der Waals surface area (Å²) < 4.78 is 0.644. The van der Waals surface area contributed by atoms with Crippen molar-refractivity contribution >= 4 is 50.7 Å². The molecule has 2 aromatic carbocycles. The van der Waals surface area contributed by atoms with Gasteiger partial charge in [0.25, 0.3) is 0 Å². The molecule has 3 N–H and O–H groups in total. The minimum absolute atomic E-state index is 0.278. The van der Waals surface area contributed by atoms with Crippen LogP contribution in [0.15, 0.2) is 46.9 Å². The van der Waals surface area contributed by atoms with Crippen LogP contribution in [0.2, 0.25) is 0 Å². The van der Waals surface area contributed by atoms with Gasteiger partial charge in [-0.2, -0.15) is 0 Å². The summed E-state index contributed by atoms with van der Waals surface area (Å²) in [7, 11) is 0. The number of hydrogen-bond acceptors (Lipinski definition) is 4. The summed E-state index contributed by atoms with van der Waals surface area (Å²) >= 11 is 3.32. The second-order valence-corrected chi connectivity index (χ2v) is 6.04. The highest BCUT2D eigenvalue weighted by Gasteiger charge is 2.27. The molecule has 0 spiro atoms. The summed E-state index contributed by atoms with van der Waals surface area (Å²) in [5, 5.41) is 2.50. The number of imide groups is 1. The Balaban J connectivity index is 2.24. The Bertz CT molecular complexity index is 803. The van der Waals surface area contributed by atoms with Gasteiger partial charge in [0, 0.05) is 17.1 Å². The average Bonchev–Trinajstić information content (AvgIpc) is 2.51. The lowest BCUT2D eigenvalue weighted by atomic mass is 10.2. The molecule has 24 heavy (non-hydrogen) atoms. The third-order valence-electron chi connectivity index (χ3n) is 3.24. The van der Waals surface area contributed by atoms with Crippen molar-refractivity contribution in [2.24, 2.45) is 0 Å². The molecule has 0 saturated heterocycles. The van der Waals surface area contributed by atoms with Crippen molar-refractivity contribution in [2.45, 2.75) is 13.8 Å². The lowest BCUT2D eigenvalue weighted by Gasteiger charge is -2.19. The molecule has 3 amide bonds. The van der Waals surface area contributed by atoms with E-state index in [4.69, 9.17) is 5.73 Å². The van der Waals surface area contributed by atoms with Gasteiger partial charge in [-0.3, -0.25) is 14.4 Å². The summed E-state index contributed by atoms with van der Waals surface area (Å²) in [6, 6.07) is 11.4. The predicted octanol–water partition coefficient (Wildman–Crippen LogP) is 2.86. The zero-order chi connectivity index (χ0) is 17.9. The van der Waals surface area contributed by atoms with Crippen LogP contribution in [0.3, 0.4) is 0 Å². The van der Waals surface area contributed by atoms with Gasteiger partial charge in [0.05, 0.1) is 11.4 Å². The smallest absolute Gasteiger partial charge is 0.323 e. The maximum atomic E-state index is 12.4. The van der Waals surface area contributed by atoms with Gasteiger partial charge in [0.2, 0.25) is 5.91 Å². The van der Waals surface area contributed by atoms with Gasteiger partial charge in [-0.25, -0.2) is 4.90 Å². The molecule has 0 saturated carbocycles. The van der Waals surface area contributed by atoms with E-state index in [0.29, 0.717) is 15.8 Å². The van der Waals surface area contributed by atoms with E-state index < -0.39 is 17.7 Å². The minimum atomic E-state index is -0.972. The fraction of sp³-hybridized carbons (Fsp3) is 0.118. The number of benzene rings is 2. The van der Waals surface area contributed by atoms with E-state index >= 15 is 0 Å². The fourth-order valence-electron chi connectivity index (χ4n) is 2.06. The summed E-state index contributed by atoms with van der Waals surface area (Å²) in [4.78, 5) is 37.3. The molecule has 0 aliphatic carbocycles. The molecule has 2 rings (SSSR count). The van der Waals surface area contributed by atoms with Crippen molar-refractivity contribution in [3.05, 3.63) is 52.5 Å². The highest BCUT2D eigenvalue weighted by Crippen LogP contribution is 2.24. The Hall–Kier alpha value is -2.67. The van der Waals surface area contributed by atoms with Crippen LogP contribution in [-0.2, 0) is 14.4 Å². The van der Waals surface area contributed by atoms with E-state index in [-0.39, 0.29) is 5.69 Å². The monoisotopic (exact) mass is 389 g/mol. The van der Waals surface area contributed by atoms with Gasteiger partial charge in [0.1, 0.15) is 0 Å². The van der Waals surface area contributed by atoms with Gasteiger partial charge < -0.3 is 11.1 Å². The Kier molecular flexibility index (Phi) is 5.35. The van der Waals surface area contributed by atoms with Crippen molar-refractivity contribution in [3.63, 3.8) is 0 Å². The van der Waals surface area contributed by atoms with Crippen LogP contribution >= 0.6 is 15.9 Å². The molecule has 0 aromatic heterocycles. The van der Waals surface area contributed by atoms with Crippen molar-refractivity contribution in [2.75, 3.05) is 16.0 Å². The second kappa shape index (κ2) is 7.27. The van der Waals surface area contributed by atoms with E-state index in [0.717, 1.165) is 10.5 Å². The number of halogens is 1. The first kappa shape index (κ1) is 17.7. The molecule has 0 aliphatic rings. The van der Waals surface area contributed by atoms with Gasteiger partial charge in [-0.05, 0) is 64.8 Å². The normalized spacial score (nSPS) is 10.1. The van der Waals surface area contributed by atoms with Crippen molar-refractivity contribution in [3.8, 4) is 0 Å². The SMILES string of the molecule is CC(=O)N(C(=O)C(=O)Nc1ccc(C)cc1Br)c1ccc(N)cc1. The average molecular weight is 390 g/mol. The lowest BCUT2D eigenvalue weighted by molar-refractivity contribution is -0.136. The molecule has 0 heterocycles. The van der Waals surface area contributed by atoms with E-state index in [1.54, 1.807) is 24.3 Å². The van der Waals surface area contributed by atoms with Gasteiger partial charge in [0.15, 0.2) is 0 Å². The molecular formula is C17H16BrN3O3. The maximum Gasteiger partial charge on any atom is 0.323 e. The van der Waals surface area contributed by atoms with Crippen LogP contribution in [0.5, 0.6) is 0 Å². The number of nitrogen functional groups attached to an aromatic ring is 1. The number of hydrogen-bond donors (Lipinski definition) is 2. The first-order chi connectivity index (χ1) is 11.3. The molecule has 0 bridgehead atoms. The van der Waals surface area contributed by atoms with Gasteiger partial charge >= 0.3 is 11.8 Å². The molecule has 0 fully saturated rings.